The van der Waals surface area contributed by atoms with E-state index in [4.69, 9.17) is 39.5 Å². The number of hydrogen-bond acceptors (Lipinski definition) is 5. The van der Waals surface area contributed by atoms with Crippen molar-refractivity contribution in [3.8, 4) is 11.5 Å². The van der Waals surface area contributed by atoms with Gasteiger partial charge in [0.05, 0.1) is 22.9 Å². The summed E-state index contributed by atoms with van der Waals surface area (Å²) < 4.78 is 5.29. The Balaban J connectivity index is 2.13. The van der Waals surface area contributed by atoms with E-state index in [2.05, 4.69) is 15.5 Å². The van der Waals surface area contributed by atoms with E-state index >= 15 is 0 Å². The molecular formula is C14H12Cl3N3O2. The number of anilines is 1. The van der Waals surface area contributed by atoms with Crippen LogP contribution in [0.1, 0.15) is 12.5 Å². The van der Waals surface area contributed by atoms with Crippen molar-refractivity contribution >= 4 is 46.8 Å². The first-order valence-electron chi connectivity index (χ1n) is 6.27. The van der Waals surface area contributed by atoms with Crippen molar-refractivity contribution in [3.05, 3.63) is 45.0 Å². The summed E-state index contributed by atoms with van der Waals surface area (Å²) in [7, 11) is 0. The van der Waals surface area contributed by atoms with E-state index in [0.29, 0.717) is 17.4 Å². The summed E-state index contributed by atoms with van der Waals surface area (Å²) in [5.74, 6) is 0.745. The number of benzene rings is 1. The maximum atomic E-state index is 9.62. The molecule has 0 aliphatic carbocycles. The number of nitrogens with one attached hydrogen (secondary N) is 1. The van der Waals surface area contributed by atoms with E-state index < -0.39 is 0 Å². The van der Waals surface area contributed by atoms with Gasteiger partial charge in [-0.1, -0.05) is 34.8 Å². The number of halogens is 3. The van der Waals surface area contributed by atoms with Crippen LogP contribution in [0, 0.1) is 0 Å². The largest absolute Gasteiger partial charge is 0.504 e. The fourth-order valence-electron chi connectivity index (χ4n) is 1.57. The average Bonchev–Trinajstić information content (AvgIpc) is 2.48. The summed E-state index contributed by atoms with van der Waals surface area (Å²) in [5.41, 5.74) is 3.40. The minimum absolute atomic E-state index is 0.0705. The Bertz CT molecular complexity index is 708. The highest BCUT2D eigenvalue weighted by molar-refractivity contribution is 6.42. The Kier molecular flexibility index (Phi) is 5.71. The van der Waals surface area contributed by atoms with Crippen LogP contribution in [0.25, 0.3) is 0 Å². The highest BCUT2D eigenvalue weighted by atomic mass is 35.5. The zero-order valence-corrected chi connectivity index (χ0v) is 13.7. The van der Waals surface area contributed by atoms with Crippen LogP contribution < -0.4 is 10.2 Å². The molecule has 2 N–H and O–H groups in total. The number of pyridine rings is 1. The molecule has 0 aliphatic heterocycles. The van der Waals surface area contributed by atoms with E-state index in [1.165, 1.54) is 18.3 Å². The number of hydrazone groups is 1. The number of aromatic hydroxyl groups is 1. The molecule has 0 unspecified atom stereocenters. The second kappa shape index (κ2) is 7.54. The summed E-state index contributed by atoms with van der Waals surface area (Å²) in [6.45, 7) is 2.29. The molecule has 0 amide bonds. The zero-order valence-electron chi connectivity index (χ0n) is 11.5. The Hall–Kier alpha value is -1.69. The van der Waals surface area contributed by atoms with Gasteiger partial charge in [0, 0.05) is 0 Å². The van der Waals surface area contributed by atoms with Crippen LogP contribution in [0.15, 0.2) is 29.4 Å². The van der Waals surface area contributed by atoms with Gasteiger partial charge < -0.3 is 9.84 Å². The molecule has 116 valence electrons. The van der Waals surface area contributed by atoms with Crippen LogP contribution in [0.5, 0.6) is 11.5 Å². The van der Waals surface area contributed by atoms with Gasteiger partial charge >= 0.3 is 0 Å². The first-order valence-corrected chi connectivity index (χ1v) is 7.41. The van der Waals surface area contributed by atoms with Crippen molar-refractivity contribution in [2.75, 3.05) is 12.0 Å². The normalized spacial score (nSPS) is 10.9. The molecule has 1 aromatic heterocycles. The molecule has 0 spiro atoms. The van der Waals surface area contributed by atoms with E-state index in [9.17, 15) is 5.11 Å². The lowest BCUT2D eigenvalue weighted by Gasteiger charge is -2.06. The van der Waals surface area contributed by atoms with Gasteiger partial charge in [0.1, 0.15) is 5.15 Å². The van der Waals surface area contributed by atoms with Crippen LogP contribution in [-0.4, -0.2) is 22.9 Å². The molecule has 2 rings (SSSR count). The van der Waals surface area contributed by atoms with Crippen LogP contribution in [0.3, 0.4) is 0 Å². The number of phenols is 1. The fraction of sp³-hybridized carbons (Fsp3) is 0.143. The highest BCUT2D eigenvalue weighted by Crippen LogP contribution is 2.29. The van der Waals surface area contributed by atoms with Gasteiger partial charge in [0.25, 0.3) is 0 Å². The van der Waals surface area contributed by atoms with Gasteiger partial charge in [-0.3, -0.25) is 5.43 Å². The average molecular weight is 361 g/mol. The second-order valence-electron chi connectivity index (χ2n) is 4.12. The number of phenolic OH excluding ortho intramolecular Hbond substituents is 1. The quantitative estimate of drug-likeness (QED) is 0.465. The number of hydrogen-bond donors (Lipinski definition) is 2. The standard InChI is InChI=1S/C14H12Cl3N3O2/c1-2-22-12-5-8(3-4-11(12)21)7-18-20-14-10(16)6-9(15)13(17)19-14/h3-7,21H,2H2,1H3,(H,19,20)/b18-7+. The molecule has 0 atom stereocenters. The number of aromatic nitrogens is 1. The van der Waals surface area contributed by atoms with E-state index in [1.54, 1.807) is 12.1 Å². The second-order valence-corrected chi connectivity index (χ2v) is 5.29. The number of rotatable bonds is 5. The predicted octanol–water partition coefficient (Wildman–Crippen LogP) is 4.59. The molecule has 0 saturated heterocycles. The Morgan fingerprint density at radius 3 is 2.77 bits per heavy atom. The van der Waals surface area contributed by atoms with Gasteiger partial charge in [-0.15, -0.1) is 0 Å². The minimum atomic E-state index is 0.0705. The molecule has 0 radical (unpaired) electrons. The van der Waals surface area contributed by atoms with Crippen molar-refractivity contribution in [1.82, 2.24) is 4.98 Å². The molecule has 2 aromatic rings. The Labute approximate surface area is 142 Å². The zero-order chi connectivity index (χ0) is 16.1. The summed E-state index contributed by atoms with van der Waals surface area (Å²) in [5, 5.41) is 14.3. The Morgan fingerprint density at radius 2 is 2.05 bits per heavy atom. The molecular weight excluding hydrogens is 349 g/mol. The van der Waals surface area contributed by atoms with E-state index in [-0.39, 0.29) is 21.7 Å². The SMILES string of the molecule is CCOc1cc(/C=N/Nc2nc(Cl)c(Cl)cc2Cl)ccc1O. The van der Waals surface area contributed by atoms with E-state index in [1.807, 2.05) is 6.92 Å². The minimum Gasteiger partial charge on any atom is -0.504 e. The molecule has 0 bridgehead atoms. The maximum absolute atomic E-state index is 9.62. The maximum Gasteiger partial charge on any atom is 0.166 e. The van der Waals surface area contributed by atoms with Gasteiger partial charge in [0.15, 0.2) is 17.3 Å². The molecule has 8 heteroatoms. The summed E-state index contributed by atoms with van der Waals surface area (Å²) >= 11 is 17.6. The van der Waals surface area contributed by atoms with Crippen molar-refractivity contribution in [2.45, 2.75) is 6.92 Å². The molecule has 0 aliphatic rings. The van der Waals surface area contributed by atoms with Crippen molar-refractivity contribution in [2.24, 2.45) is 5.10 Å². The van der Waals surface area contributed by atoms with Gasteiger partial charge in [-0.2, -0.15) is 5.10 Å². The van der Waals surface area contributed by atoms with Gasteiger partial charge in [-0.05, 0) is 36.8 Å². The summed E-state index contributed by atoms with van der Waals surface area (Å²) in [6, 6.07) is 6.35. The molecule has 1 heterocycles. The fourth-order valence-corrected chi connectivity index (χ4v) is 2.11. The predicted molar refractivity (Wildman–Crippen MR) is 89.8 cm³/mol. The lowest BCUT2D eigenvalue weighted by molar-refractivity contribution is 0.318. The molecule has 0 saturated carbocycles. The van der Waals surface area contributed by atoms with Crippen LogP contribution in [-0.2, 0) is 0 Å². The van der Waals surface area contributed by atoms with Gasteiger partial charge in [-0.25, -0.2) is 4.98 Å². The van der Waals surface area contributed by atoms with Gasteiger partial charge in [0.2, 0.25) is 0 Å². The number of nitrogens with zero attached hydrogens (tertiary/aromatic N) is 2. The lowest BCUT2D eigenvalue weighted by atomic mass is 10.2. The first-order chi connectivity index (χ1) is 10.5. The summed E-state index contributed by atoms with van der Waals surface area (Å²) in [4.78, 5) is 3.98. The smallest absolute Gasteiger partial charge is 0.166 e. The summed E-state index contributed by atoms with van der Waals surface area (Å²) in [6.07, 6.45) is 1.53. The molecule has 0 fully saturated rings. The lowest BCUT2D eigenvalue weighted by Crippen LogP contribution is -1.96. The highest BCUT2D eigenvalue weighted by Gasteiger charge is 2.07. The topological polar surface area (TPSA) is 66.7 Å². The third-order valence-electron chi connectivity index (χ3n) is 2.55. The third kappa shape index (κ3) is 4.16. The molecule has 5 nitrogen and oxygen atoms in total. The number of ether oxygens (including phenoxy) is 1. The van der Waals surface area contributed by atoms with Crippen molar-refractivity contribution < 1.29 is 9.84 Å². The van der Waals surface area contributed by atoms with Crippen LogP contribution in [0.2, 0.25) is 15.2 Å². The van der Waals surface area contributed by atoms with Crippen molar-refractivity contribution in [3.63, 3.8) is 0 Å². The van der Waals surface area contributed by atoms with E-state index in [0.717, 1.165) is 5.56 Å². The third-order valence-corrected chi connectivity index (χ3v) is 3.52. The molecule has 22 heavy (non-hydrogen) atoms. The van der Waals surface area contributed by atoms with Crippen LogP contribution in [0.4, 0.5) is 5.82 Å². The van der Waals surface area contributed by atoms with Crippen LogP contribution >= 0.6 is 34.8 Å². The first kappa shape index (κ1) is 16.7. The Morgan fingerprint density at radius 1 is 1.27 bits per heavy atom. The van der Waals surface area contributed by atoms with Crippen molar-refractivity contribution in [1.29, 1.82) is 0 Å². The monoisotopic (exact) mass is 359 g/mol. The molecule has 1 aromatic carbocycles.